The first-order valence-electron chi connectivity index (χ1n) is 13.4. The van der Waals surface area contributed by atoms with Crippen LogP contribution in [0.15, 0.2) is 83.8 Å². The topological polar surface area (TPSA) is 135 Å². The van der Waals surface area contributed by atoms with Gasteiger partial charge in [-0.3, -0.25) is 19.5 Å². The van der Waals surface area contributed by atoms with E-state index >= 15 is 0 Å². The van der Waals surface area contributed by atoms with Gasteiger partial charge in [0, 0.05) is 55.3 Å². The first-order chi connectivity index (χ1) is 20.1. The highest BCUT2D eigenvalue weighted by Crippen LogP contribution is 2.30. The number of amides is 2. The van der Waals surface area contributed by atoms with Crippen molar-refractivity contribution in [1.82, 2.24) is 14.6 Å². The van der Waals surface area contributed by atoms with E-state index < -0.39 is 33.9 Å². The molecule has 0 fully saturated rings. The summed E-state index contributed by atoms with van der Waals surface area (Å²) < 4.78 is 31.9. The second-order valence-electron chi connectivity index (χ2n) is 10.1. The molecular formula is C31H30N4O6S. The number of anilines is 1. The molecule has 0 radical (unpaired) electrons. The van der Waals surface area contributed by atoms with E-state index in [2.05, 4.69) is 22.3 Å². The molecule has 1 aromatic heterocycles. The highest BCUT2D eigenvalue weighted by Gasteiger charge is 2.29. The quantitative estimate of drug-likeness (QED) is 0.298. The molecule has 5 rings (SSSR count). The fraction of sp³-hybridized carbons (Fsp3) is 0.226. The first-order valence-corrected chi connectivity index (χ1v) is 14.9. The molecule has 3 aromatic carbocycles. The van der Waals surface area contributed by atoms with Crippen LogP contribution in [0.3, 0.4) is 0 Å². The Bertz CT molecular complexity index is 1760. The number of nitrogens with one attached hydrogen (secondary N) is 2. The van der Waals surface area contributed by atoms with Gasteiger partial charge in [0.15, 0.2) is 6.10 Å². The van der Waals surface area contributed by atoms with E-state index in [-0.39, 0.29) is 4.90 Å². The van der Waals surface area contributed by atoms with Crippen LogP contribution in [0.4, 0.5) is 5.69 Å². The lowest BCUT2D eigenvalue weighted by Crippen LogP contribution is -2.34. The summed E-state index contributed by atoms with van der Waals surface area (Å²) in [6.45, 7) is 4.61. The number of benzene rings is 3. The predicted molar refractivity (Wildman–Crippen MR) is 157 cm³/mol. The second kappa shape index (κ2) is 12.1. The van der Waals surface area contributed by atoms with Crippen molar-refractivity contribution in [3.8, 4) is 0 Å². The number of sulfonamides is 1. The lowest BCUT2D eigenvalue weighted by molar-refractivity contribution is -0.123. The maximum absolute atomic E-state index is 13.7. The van der Waals surface area contributed by atoms with Gasteiger partial charge < -0.3 is 10.1 Å². The number of pyridine rings is 1. The molecule has 11 heteroatoms. The summed E-state index contributed by atoms with van der Waals surface area (Å²) >= 11 is 0. The van der Waals surface area contributed by atoms with Crippen molar-refractivity contribution in [2.75, 3.05) is 11.9 Å². The number of rotatable bonds is 8. The van der Waals surface area contributed by atoms with E-state index in [4.69, 9.17) is 9.72 Å². The number of ether oxygens (including phenoxy) is 1. The highest BCUT2D eigenvalue weighted by molar-refractivity contribution is 7.90. The van der Waals surface area contributed by atoms with E-state index in [1.807, 2.05) is 47.2 Å². The molecule has 2 amide bonds. The summed E-state index contributed by atoms with van der Waals surface area (Å²) in [6, 6.07) is 22.8. The van der Waals surface area contributed by atoms with Crippen LogP contribution in [0.2, 0.25) is 0 Å². The monoisotopic (exact) mass is 586 g/mol. The van der Waals surface area contributed by atoms with E-state index in [1.165, 1.54) is 36.8 Å². The lowest BCUT2D eigenvalue weighted by atomic mass is 9.95. The molecule has 0 aliphatic carbocycles. The molecule has 2 heterocycles. The number of para-hydroxylation sites is 1. The van der Waals surface area contributed by atoms with Crippen molar-refractivity contribution < 1.29 is 27.5 Å². The Morgan fingerprint density at radius 1 is 0.976 bits per heavy atom. The maximum Gasteiger partial charge on any atom is 0.339 e. The van der Waals surface area contributed by atoms with Gasteiger partial charge in [0.05, 0.1) is 16.0 Å². The van der Waals surface area contributed by atoms with Gasteiger partial charge in [-0.15, -0.1) is 0 Å². The number of nitrogens with zero attached hydrogens (tertiary/aromatic N) is 2. The number of aromatic nitrogens is 1. The summed E-state index contributed by atoms with van der Waals surface area (Å²) in [5.74, 6) is -1.92. The van der Waals surface area contributed by atoms with Crippen LogP contribution in [0.5, 0.6) is 0 Å². The number of esters is 1. The molecule has 0 saturated heterocycles. The fourth-order valence-corrected chi connectivity index (χ4v) is 5.93. The van der Waals surface area contributed by atoms with E-state index in [9.17, 15) is 22.8 Å². The third-order valence-electron chi connectivity index (χ3n) is 6.94. The van der Waals surface area contributed by atoms with E-state index in [0.717, 1.165) is 31.3 Å². The molecule has 216 valence electrons. The van der Waals surface area contributed by atoms with Crippen molar-refractivity contribution in [3.63, 3.8) is 0 Å². The van der Waals surface area contributed by atoms with Crippen molar-refractivity contribution in [2.45, 2.75) is 44.4 Å². The van der Waals surface area contributed by atoms with Gasteiger partial charge in [0.1, 0.15) is 0 Å². The van der Waals surface area contributed by atoms with Crippen LogP contribution in [0.1, 0.15) is 41.0 Å². The average Bonchev–Trinajstić information content (AvgIpc) is 2.96. The van der Waals surface area contributed by atoms with Crippen molar-refractivity contribution in [2.24, 2.45) is 0 Å². The minimum absolute atomic E-state index is 0.133. The van der Waals surface area contributed by atoms with E-state index in [0.29, 0.717) is 35.1 Å². The van der Waals surface area contributed by atoms with Gasteiger partial charge in [-0.1, -0.05) is 48.5 Å². The number of carbonyl (C=O) groups excluding carboxylic acids is 3. The molecule has 2 N–H and O–H groups in total. The van der Waals surface area contributed by atoms with Gasteiger partial charge in [0.2, 0.25) is 5.91 Å². The molecule has 1 aliphatic heterocycles. The number of fused-ring (bicyclic) bond motifs is 2. The SMILES string of the molecule is CC(=O)NS(=O)(=O)c1ccc(NC(=O)C(C)OC(=O)c2c3c(nc4ccccc24)CCN(Cc2ccccc2)C3)cc1. The second-order valence-corrected chi connectivity index (χ2v) is 11.8. The number of hydrogen-bond donors (Lipinski definition) is 2. The van der Waals surface area contributed by atoms with Crippen LogP contribution in [0, 0.1) is 0 Å². The van der Waals surface area contributed by atoms with Crippen LogP contribution < -0.4 is 10.0 Å². The molecule has 1 aliphatic rings. The summed E-state index contributed by atoms with van der Waals surface area (Å²) in [7, 11) is -4.01. The maximum atomic E-state index is 13.7. The zero-order chi connectivity index (χ0) is 29.9. The Balaban J connectivity index is 1.33. The number of hydrogen-bond acceptors (Lipinski definition) is 8. The van der Waals surface area contributed by atoms with Crippen molar-refractivity contribution in [3.05, 3.63) is 101 Å². The Kier molecular flexibility index (Phi) is 8.32. The van der Waals surface area contributed by atoms with Gasteiger partial charge in [-0.25, -0.2) is 17.9 Å². The van der Waals surface area contributed by atoms with Crippen molar-refractivity contribution in [1.29, 1.82) is 0 Å². The standard InChI is InChI=1S/C31H30N4O6S/c1-20(30(37)32-23-12-14-24(15-13-23)42(39,40)34-21(2)36)41-31(38)29-25-10-6-7-11-27(25)33-28-16-17-35(19-26(28)29)18-22-8-4-3-5-9-22/h3-15,20H,16-19H2,1-2H3,(H,32,37)(H,34,36). The third-order valence-corrected chi connectivity index (χ3v) is 8.39. The highest BCUT2D eigenvalue weighted by atomic mass is 32.2. The minimum atomic E-state index is -4.01. The molecular weight excluding hydrogens is 556 g/mol. The predicted octanol–water partition coefficient (Wildman–Crippen LogP) is 3.80. The Labute approximate surface area is 243 Å². The summed E-state index contributed by atoms with van der Waals surface area (Å²) in [6.07, 6.45) is -0.469. The van der Waals surface area contributed by atoms with Gasteiger partial charge in [-0.05, 0) is 42.8 Å². The van der Waals surface area contributed by atoms with Gasteiger partial charge >= 0.3 is 5.97 Å². The zero-order valence-corrected chi connectivity index (χ0v) is 24.0. The molecule has 0 spiro atoms. The molecule has 0 saturated carbocycles. The molecule has 1 atom stereocenters. The average molecular weight is 587 g/mol. The summed E-state index contributed by atoms with van der Waals surface area (Å²) in [5.41, 5.74) is 4.20. The van der Waals surface area contributed by atoms with Crippen molar-refractivity contribution >= 4 is 44.4 Å². The molecule has 1 unspecified atom stereocenters. The van der Waals surface area contributed by atoms with Crippen LogP contribution in [-0.2, 0) is 43.9 Å². The smallest absolute Gasteiger partial charge is 0.339 e. The summed E-state index contributed by atoms with van der Waals surface area (Å²) in [5, 5.41) is 3.29. The number of carbonyl (C=O) groups is 3. The van der Waals surface area contributed by atoms with Crippen LogP contribution in [0.25, 0.3) is 10.9 Å². The first kappa shape index (κ1) is 28.9. The zero-order valence-electron chi connectivity index (χ0n) is 23.2. The summed E-state index contributed by atoms with van der Waals surface area (Å²) in [4.78, 5) is 44.7. The van der Waals surface area contributed by atoms with Crippen LogP contribution in [-0.4, -0.2) is 48.7 Å². The normalized spacial score (nSPS) is 14.0. The van der Waals surface area contributed by atoms with Gasteiger partial charge in [-0.2, -0.15) is 0 Å². The Morgan fingerprint density at radius 2 is 1.67 bits per heavy atom. The molecule has 0 bridgehead atoms. The van der Waals surface area contributed by atoms with Gasteiger partial charge in [0.25, 0.3) is 15.9 Å². The fourth-order valence-electron chi connectivity index (χ4n) is 4.94. The largest absolute Gasteiger partial charge is 0.449 e. The minimum Gasteiger partial charge on any atom is -0.449 e. The molecule has 4 aromatic rings. The molecule has 42 heavy (non-hydrogen) atoms. The molecule has 10 nitrogen and oxygen atoms in total. The lowest BCUT2D eigenvalue weighted by Gasteiger charge is -2.30. The van der Waals surface area contributed by atoms with Crippen LogP contribution >= 0.6 is 0 Å². The Hall–Kier alpha value is -4.61. The van der Waals surface area contributed by atoms with E-state index in [1.54, 1.807) is 0 Å². The Morgan fingerprint density at radius 3 is 2.38 bits per heavy atom. The third kappa shape index (κ3) is 6.48.